The van der Waals surface area contributed by atoms with Crippen molar-refractivity contribution >= 4 is 0 Å². The van der Waals surface area contributed by atoms with E-state index in [4.69, 9.17) is 9.47 Å². The molecule has 86 valence electrons. The van der Waals surface area contributed by atoms with Gasteiger partial charge in [0.1, 0.15) is 0 Å². The molecule has 0 aromatic heterocycles. The lowest BCUT2D eigenvalue weighted by atomic mass is 10.1. The summed E-state index contributed by atoms with van der Waals surface area (Å²) in [5.74, 6) is 1.74. The van der Waals surface area contributed by atoms with Crippen LogP contribution in [-0.2, 0) is 6.42 Å². The van der Waals surface area contributed by atoms with E-state index in [1.807, 2.05) is 39.8 Å². The molecular weight excluding hydrogens is 188 g/mol. The van der Waals surface area contributed by atoms with Gasteiger partial charge in [-0.05, 0) is 24.1 Å². The van der Waals surface area contributed by atoms with Gasteiger partial charge in [0.25, 0.3) is 0 Å². The molecule has 1 heterocycles. The number of hydrogen-bond acceptors (Lipinski definition) is 2. The molecule has 0 fully saturated rings. The third-order valence-corrected chi connectivity index (χ3v) is 1.85. The Morgan fingerprint density at radius 2 is 1.60 bits per heavy atom. The van der Waals surface area contributed by atoms with Crippen LogP contribution < -0.4 is 9.47 Å². The van der Waals surface area contributed by atoms with Crippen LogP contribution in [0.1, 0.15) is 40.2 Å². The van der Waals surface area contributed by atoms with Gasteiger partial charge in [0, 0.05) is 0 Å². The second-order valence-electron chi connectivity index (χ2n) is 2.54. The first kappa shape index (κ1) is 13.8. The van der Waals surface area contributed by atoms with Crippen molar-refractivity contribution in [2.45, 2.75) is 41.0 Å². The predicted molar refractivity (Wildman–Crippen MR) is 64.6 cm³/mol. The molecule has 1 aromatic rings. The molecule has 0 N–H and O–H groups in total. The standard InChI is InChI=1S/C9H10O2.2C2H6/c1-2-7-3-4-8-9(5-7)11-6-10-8;2*1-2/h3-5H,2,6H2,1H3;2*1-2H3. The van der Waals surface area contributed by atoms with Crippen LogP contribution in [0.4, 0.5) is 0 Å². The van der Waals surface area contributed by atoms with Gasteiger partial charge in [-0.15, -0.1) is 0 Å². The fraction of sp³-hybridized carbons (Fsp3) is 0.538. The van der Waals surface area contributed by atoms with Crippen molar-refractivity contribution in [1.29, 1.82) is 0 Å². The molecule has 0 saturated carbocycles. The molecule has 0 aliphatic carbocycles. The first-order valence-corrected chi connectivity index (χ1v) is 5.78. The lowest BCUT2D eigenvalue weighted by Crippen LogP contribution is -1.92. The van der Waals surface area contributed by atoms with Crippen LogP contribution in [0.15, 0.2) is 18.2 Å². The summed E-state index contributed by atoms with van der Waals surface area (Å²) in [6.07, 6.45) is 1.04. The van der Waals surface area contributed by atoms with Gasteiger partial charge in [0.05, 0.1) is 0 Å². The molecule has 2 rings (SSSR count). The highest BCUT2D eigenvalue weighted by Gasteiger charge is 2.11. The molecule has 0 unspecified atom stereocenters. The lowest BCUT2D eigenvalue weighted by Gasteiger charge is -1.97. The Morgan fingerprint density at radius 1 is 1.00 bits per heavy atom. The Balaban J connectivity index is 0.000000442. The topological polar surface area (TPSA) is 18.5 Å². The molecule has 1 aliphatic rings. The van der Waals surface area contributed by atoms with Gasteiger partial charge in [-0.3, -0.25) is 0 Å². The first-order chi connectivity index (χ1) is 7.40. The zero-order chi connectivity index (χ0) is 11.7. The Hall–Kier alpha value is -1.18. The average molecular weight is 210 g/mol. The van der Waals surface area contributed by atoms with E-state index in [2.05, 4.69) is 13.0 Å². The van der Waals surface area contributed by atoms with Crippen LogP contribution in [0.3, 0.4) is 0 Å². The third kappa shape index (κ3) is 3.82. The zero-order valence-corrected chi connectivity index (χ0v) is 10.5. The Kier molecular flexibility index (Phi) is 7.51. The van der Waals surface area contributed by atoms with Crippen molar-refractivity contribution in [2.24, 2.45) is 0 Å². The highest BCUT2D eigenvalue weighted by molar-refractivity contribution is 5.44. The second-order valence-corrected chi connectivity index (χ2v) is 2.54. The van der Waals surface area contributed by atoms with Crippen LogP contribution >= 0.6 is 0 Å². The summed E-state index contributed by atoms with van der Waals surface area (Å²) >= 11 is 0. The third-order valence-electron chi connectivity index (χ3n) is 1.85. The average Bonchev–Trinajstić information content (AvgIpc) is 2.81. The van der Waals surface area contributed by atoms with E-state index in [1.54, 1.807) is 0 Å². The molecule has 1 aromatic carbocycles. The Labute approximate surface area is 93.2 Å². The van der Waals surface area contributed by atoms with Crippen LogP contribution in [0.25, 0.3) is 0 Å². The highest BCUT2D eigenvalue weighted by atomic mass is 16.7. The van der Waals surface area contributed by atoms with E-state index in [0.29, 0.717) is 6.79 Å². The minimum absolute atomic E-state index is 0.364. The van der Waals surface area contributed by atoms with Crippen molar-refractivity contribution < 1.29 is 9.47 Å². The molecule has 1 aliphatic heterocycles. The fourth-order valence-corrected chi connectivity index (χ4v) is 1.16. The van der Waals surface area contributed by atoms with Crippen LogP contribution in [0, 0.1) is 0 Å². The number of benzene rings is 1. The number of fused-ring (bicyclic) bond motifs is 1. The van der Waals surface area contributed by atoms with Gasteiger partial charge in [-0.2, -0.15) is 0 Å². The molecule has 2 nitrogen and oxygen atoms in total. The smallest absolute Gasteiger partial charge is 0.231 e. The minimum atomic E-state index is 0.364. The van der Waals surface area contributed by atoms with Gasteiger partial charge in [-0.25, -0.2) is 0 Å². The summed E-state index contributed by atoms with van der Waals surface area (Å²) in [4.78, 5) is 0. The molecule has 0 saturated heterocycles. The molecule has 0 amide bonds. The van der Waals surface area contributed by atoms with E-state index < -0.39 is 0 Å². The maximum Gasteiger partial charge on any atom is 0.231 e. The monoisotopic (exact) mass is 210 g/mol. The van der Waals surface area contributed by atoms with Gasteiger partial charge in [0.15, 0.2) is 11.5 Å². The van der Waals surface area contributed by atoms with Crippen molar-refractivity contribution in [1.82, 2.24) is 0 Å². The molecule has 0 radical (unpaired) electrons. The summed E-state index contributed by atoms with van der Waals surface area (Å²) in [6.45, 7) is 10.5. The van der Waals surface area contributed by atoms with E-state index in [0.717, 1.165) is 17.9 Å². The summed E-state index contributed by atoms with van der Waals surface area (Å²) in [5.41, 5.74) is 1.29. The summed E-state index contributed by atoms with van der Waals surface area (Å²) in [5, 5.41) is 0. The fourth-order valence-electron chi connectivity index (χ4n) is 1.16. The predicted octanol–water partition coefficient (Wildman–Crippen LogP) is 4.03. The molecule has 0 atom stereocenters. The minimum Gasteiger partial charge on any atom is -0.454 e. The zero-order valence-electron chi connectivity index (χ0n) is 10.5. The van der Waals surface area contributed by atoms with Crippen LogP contribution in [0.5, 0.6) is 11.5 Å². The van der Waals surface area contributed by atoms with E-state index in [9.17, 15) is 0 Å². The summed E-state index contributed by atoms with van der Waals surface area (Å²) < 4.78 is 10.4. The number of aryl methyl sites for hydroxylation is 1. The van der Waals surface area contributed by atoms with E-state index in [-0.39, 0.29) is 0 Å². The molecule has 15 heavy (non-hydrogen) atoms. The summed E-state index contributed by atoms with van der Waals surface area (Å²) in [6, 6.07) is 6.05. The number of hydrogen-bond donors (Lipinski definition) is 0. The highest BCUT2D eigenvalue weighted by Crippen LogP contribution is 2.32. The van der Waals surface area contributed by atoms with Crippen molar-refractivity contribution in [3.63, 3.8) is 0 Å². The number of ether oxygens (including phenoxy) is 2. The van der Waals surface area contributed by atoms with Gasteiger partial charge < -0.3 is 9.47 Å². The van der Waals surface area contributed by atoms with Gasteiger partial charge >= 0.3 is 0 Å². The maximum atomic E-state index is 5.22. The molecular formula is C13H22O2. The second kappa shape index (κ2) is 8.16. The van der Waals surface area contributed by atoms with Crippen molar-refractivity contribution in [3.8, 4) is 11.5 Å². The normalized spacial score (nSPS) is 10.7. The largest absolute Gasteiger partial charge is 0.454 e. The van der Waals surface area contributed by atoms with Gasteiger partial charge in [0.2, 0.25) is 6.79 Å². The van der Waals surface area contributed by atoms with Crippen molar-refractivity contribution in [3.05, 3.63) is 23.8 Å². The Morgan fingerprint density at radius 3 is 2.20 bits per heavy atom. The lowest BCUT2D eigenvalue weighted by molar-refractivity contribution is 0.174. The number of rotatable bonds is 1. The van der Waals surface area contributed by atoms with E-state index >= 15 is 0 Å². The van der Waals surface area contributed by atoms with E-state index in [1.165, 1.54) is 5.56 Å². The molecule has 2 heteroatoms. The SMILES string of the molecule is CC.CC.CCc1ccc2c(c1)OCO2. The molecule has 0 spiro atoms. The maximum absolute atomic E-state index is 5.22. The Bertz CT molecular complexity index is 269. The van der Waals surface area contributed by atoms with Crippen LogP contribution in [-0.4, -0.2) is 6.79 Å². The first-order valence-electron chi connectivity index (χ1n) is 5.78. The summed E-state index contributed by atoms with van der Waals surface area (Å²) in [7, 11) is 0. The van der Waals surface area contributed by atoms with Crippen LogP contribution in [0.2, 0.25) is 0 Å². The molecule has 0 bridgehead atoms. The van der Waals surface area contributed by atoms with Crippen molar-refractivity contribution in [2.75, 3.05) is 6.79 Å². The quantitative estimate of drug-likeness (QED) is 0.696. The van der Waals surface area contributed by atoms with Gasteiger partial charge in [-0.1, -0.05) is 40.7 Å².